The van der Waals surface area contributed by atoms with Crippen molar-refractivity contribution in [2.45, 2.75) is 39.2 Å². The zero-order valence-corrected chi connectivity index (χ0v) is 16.6. The van der Waals surface area contributed by atoms with Gasteiger partial charge in [-0.15, -0.1) is 11.3 Å². The highest BCUT2D eigenvalue weighted by molar-refractivity contribution is 7.18. The van der Waals surface area contributed by atoms with E-state index in [9.17, 15) is 4.79 Å². The summed E-state index contributed by atoms with van der Waals surface area (Å²) in [6, 6.07) is 9.37. The first-order valence-electron chi connectivity index (χ1n) is 8.36. The van der Waals surface area contributed by atoms with E-state index in [4.69, 9.17) is 33.4 Å². The molecule has 0 atom stereocenters. The molecule has 0 amide bonds. The van der Waals surface area contributed by atoms with Crippen molar-refractivity contribution in [1.82, 2.24) is 9.55 Å². The lowest BCUT2D eigenvalue weighted by molar-refractivity contribution is 0.598. The number of nitriles is 1. The van der Waals surface area contributed by atoms with Crippen molar-refractivity contribution in [1.29, 1.82) is 5.26 Å². The number of thiophene rings is 1. The summed E-state index contributed by atoms with van der Waals surface area (Å²) in [5, 5.41) is 10.6. The van der Waals surface area contributed by atoms with E-state index >= 15 is 0 Å². The molecular formula is C19H17Cl2N3OS. The summed E-state index contributed by atoms with van der Waals surface area (Å²) in [6.07, 6.45) is 2.31. The summed E-state index contributed by atoms with van der Waals surface area (Å²) in [4.78, 5) is 19.6. The first kappa shape index (κ1) is 18.9. The quantitative estimate of drug-likeness (QED) is 0.527. The van der Waals surface area contributed by atoms with Crippen LogP contribution in [0.2, 0.25) is 10.0 Å². The van der Waals surface area contributed by atoms with Crippen LogP contribution in [-0.4, -0.2) is 9.55 Å². The predicted octanol–water partition coefficient (Wildman–Crippen LogP) is 5.22. The lowest BCUT2D eigenvalue weighted by Crippen LogP contribution is -2.25. The van der Waals surface area contributed by atoms with Crippen LogP contribution in [0.15, 0.2) is 29.1 Å². The number of fused-ring (bicyclic) bond motifs is 1. The zero-order valence-electron chi connectivity index (χ0n) is 14.3. The van der Waals surface area contributed by atoms with Gasteiger partial charge in [0.1, 0.15) is 10.7 Å². The number of unbranched alkanes of at least 4 members (excludes halogenated alkanes) is 1. The topological polar surface area (TPSA) is 58.7 Å². The average molecular weight is 406 g/mol. The van der Waals surface area contributed by atoms with E-state index in [0.717, 1.165) is 21.7 Å². The molecule has 0 bridgehead atoms. The number of aromatic nitrogens is 2. The van der Waals surface area contributed by atoms with Crippen LogP contribution in [0.4, 0.5) is 0 Å². The fourth-order valence-corrected chi connectivity index (χ4v) is 4.25. The number of benzene rings is 1. The number of rotatable bonds is 6. The third-order valence-corrected chi connectivity index (χ3v) is 5.92. The molecule has 0 N–H and O–H groups in total. The van der Waals surface area contributed by atoms with Gasteiger partial charge in [-0.05, 0) is 36.6 Å². The van der Waals surface area contributed by atoms with Crippen LogP contribution in [0.25, 0.3) is 10.2 Å². The van der Waals surface area contributed by atoms with Gasteiger partial charge in [-0.1, -0.05) is 36.2 Å². The van der Waals surface area contributed by atoms with Crippen LogP contribution in [0.5, 0.6) is 0 Å². The molecule has 0 aliphatic rings. The van der Waals surface area contributed by atoms with Crippen LogP contribution < -0.4 is 5.56 Å². The summed E-state index contributed by atoms with van der Waals surface area (Å²) in [5.74, 6) is 0.661. The molecule has 0 unspecified atom stereocenters. The second-order valence-electron chi connectivity index (χ2n) is 5.94. The van der Waals surface area contributed by atoms with E-state index in [1.807, 2.05) is 12.1 Å². The molecule has 26 heavy (non-hydrogen) atoms. The second kappa shape index (κ2) is 8.22. The van der Waals surface area contributed by atoms with E-state index in [-0.39, 0.29) is 5.56 Å². The van der Waals surface area contributed by atoms with Gasteiger partial charge in [-0.25, -0.2) is 4.98 Å². The fourth-order valence-electron chi connectivity index (χ4n) is 2.80. The van der Waals surface area contributed by atoms with Crippen molar-refractivity contribution in [3.8, 4) is 6.07 Å². The molecule has 3 rings (SSSR count). The van der Waals surface area contributed by atoms with Gasteiger partial charge in [0.25, 0.3) is 5.56 Å². The summed E-state index contributed by atoms with van der Waals surface area (Å²) in [7, 11) is 0. The zero-order chi connectivity index (χ0) is 18.7. The number of hydrogen-bond acceptors (Lipinski definition) is 4. The molecule has 2 aromatic heterocycles. The van der Waals surface area contributed by atoms with E-state index in [1.54, 1.807) is 28.0 Å². The van der Waals surface area contributed by atoms with Crippen molar-refractivity contribution in [2.24, 2.45) is 0 Å². The molecular weight excluding hydrogens is 389 g/mol. The van der Waals surface area contributed by atoms with Gasteiger partial charge in [0, 0.05) is 34.3 Å². The molecule has 0 spiro atoms. The Morgan fingerprint density at radius 2 is 2.12 bits per heavy atom. The number of nitrogens with zero attached hydrogens (tertiary/aromatic N) is 3. The van der Waals surface area contributed by atoms with E-state index < -0.39 is 0 Å². The molecule has 7 heteroatoms. The lowest BCUT2D eigenvalue weighted by Gasteiger charge is -2.12. The molecule has 0 saturated heterocycles. The monoisotopic (exact) mass is 405 g/mol. The van der Waals surface area contributed by atoms with Crippen LogP contribution in [0, 0.1) is 11.3 Å². The van der Waals surface area contributed by atoms with Crippen LogP contribution >= 0.6 is 34.5 Å². The highest BCUT2D eigenvalue weighted by Crippen LogP contribution is 2.25. The maximum absolute atomic E-state index is 13.0. The van der Waals surface area contributed by atoms with Gasteiger partial charge in [-0.3, -0.25) is 9.36 Å². The minimum absolute atomic E-state index is 0.0519. The Hall–Kier alpha value is -1.87. The maximum atomic E-state index is 13.0. The van der Waals surface area contributed by atoms with Crippen LogP contribution in [0.3, 0.4) is 0 Å². The molecule has 0 aliphatic carbocycles. The summed E-state index contributed by atoms with van der Waals surface area (Å²) >= 11 is 13.8. The lowest BCUT2D eigenvalue weighted by atomic mass is 10.1. The molecule has 134 valence electrons. The van der Waals surface area contributed by atoms with Crippen LogP contribution in [-0.2, 0) is 19.4 Å². The van der Waals surface area contributed by atoms with Crippen molar-refractivity contribution in [3.63, 3.8) is 0 Å². The number of halogens is 2. The van der Waals surface area contributed by atoms with Crippen LogP contribution in [0.1, 0.15) is 36.0 Å². The van der Waals surface area contributed by atoms with Gasteiger partial charge in [-0.2, -0.15) is 5.26 Å². The Labute approximate surface area is 165 Å². The molecule has 0 fully saturated rings. The summed E-state index contributed by atoms with van der Waals surface area (Å²) < 4.78 is 1.68. The molecule has 0 saturated carbocycles. The van der Waals surface area contributed by atoms with Crippen molar-refractivity contribution < 1.29 is 0 Å². The van der Waals surface area contributed by atoms with E-state index in [2.05, 4.69) is 13.0 Å². The highest BCUT2D eigenvalue weighted by Gasteiger charge is 2.15. The smallest absolute Gasteiger partial charge is 0.262 e. The third-order valence-electron chi connectivity index (χ3n) is 4.16. The molecule has 3 aromatic rings. The molecule has 0 aliphatic heterocycles. The fraction of sp³-hybridized carbons (Fsp3) is 0.316. The molecule has 1 aromatic carbocycles. The molecule has 0 radical (unpaired) electrons. The Kier molecular flexibility index (Phi) is 5.98. The molecule has 4 nitrogen and oxygen atoms in total. The van der Waals surface area contributed by atoms with Gasteiger partial charge in [0.2, 0.25) is 0 Å². The Balaban J connectivity index is 2.09. The standard InChI is InChI=1S/C19H17Cl2N3OS/c1-2-14-11-15-18(26-14)23-17(24(19(15)25)8-4-3-7-22)9-12-5-6-13(20)10-16(12)21/h5-6,10-11H,2-4,8-9H2,1H3. The SMILES string of the molecule is CCc1cc2c(=O)n(CCCC#N)c(Cc3ccc(Cl)cc3Cl)nc2s1. The van der Waals surface area contributed by atoms with Gasteiger partial charge < -0.3 is 0 Å². The second-order valence-corrected chi connectivity index (χ2v) is 7.90. The number of aryl methyl sites for hydroxylation is 1. The van der Waals surface area contributed by atoms with Gasteiger partial charge in [0.05, 0.1) is 11.5 Å². The first-order chi connectivity index (χ1) is 12.5. The largest absolute Gasteiger partial charge is 0.296 e. The van der Waals surface area contributed by atoms with E-state index in [1.165, 1.54) is 0 Å². The summed E-state index contributed by atoms with van der Waals surface area (Å²) in [6.45, 7) is 2.53. The van der Waals surface area contributed by atoms with Crippen molar-refractivity contribution in [2.75, 3.05) is 0 Å². The van der Waals surface area contributed by atoms with Crippen molar-refractivity contribution in [3.05, 3.63) is 60.9 Å². The Morgan fingerprint density at radius 1 is 1.31 bits per heavy atom. The number of hydrogen-bond donors (Lipinski definition) is 0. The Morgan fingerprint density at radius 3 is 2.81 bits per heavy atom. The summed E-state index contributed by atoms with van der Waals surface area (Å²) in [5.41, 5.74) is 0.813. The van der Waals surface area contributed by atoms with Crippen molar-refractivity contribution >= 4 is 44.8 Å². The highest BCUT2D eigenvalue weighted by atomic mass is 35.5. The predicted molar refractivity (Wildman–Crippen MR) is 107 cm³/mol. The van der Waals surface area contributed by atoms with Gasteiger partial charge >= 0.3 is 0 Å². The first-order valence-corrected chi connectivity index (χ1v) is 9.93. The minimum Gasteiger partial charge on any atom is -0.296 e. The molecule has 2 heterocycles. The third kappa shape index (κ3) is 3.93. The maximum Gasteiger partial charge on any atom is 0.262 e. The van der Waals surface area contributed by atoms with Gasteiger partial charge in [0.15, 0.2) is 0 Å². The van der Waals surface area contributed by atoms with E-state index in [0.29, 0.717) is 47.1 Å². The Bertz CT molecular complexity index is 1050. The average Bonchev–Trinajstić information content (AvgIpc) is 3.03. The minimum atomic E-state index is -0.0519. The normalized spacial score (nSPS) is 11.0.